The van der Waals surface area contributed by atoms with E-state index < -0.39 is 32.2 Å². The minimum absolute atomic E-state index is 0.175. The summed E-state index contributed by atoms with van der Waals surface area (Å²) in [6.07, 6.45) is 0. The van der Waals surface area contributed by atoms with Crippen molar-refractivity contribution < 1.29 is 17.2 Å². The number of rotatable bonds is 6. The van der Waals surface area contributed by atoms with Gasteiger partial charge in [0.2, 0.25) is 10.0 Å². The van der Waals surface area contributed by atoms with Gasteiger partial charge < -0.3 is 10.6 Å². The van der Waals surface area contributed by atoms with Crippen molar-refractivity contribution in [3.63, 3.8) is 0 Å². The number of anilines is 1. The molecule has 1 unspecified atom stereocenters. The molecule has 0 spiro atoms. The lowest BCUT2D eigenvalue weighted by molar-refractivity contribution is 0.271. The molecule has 0 amide bonds. The number of nitrogens with zero attached hydrogens (tertiary/aromatic N) is 2. The van der Waals surface area contributed by atoms with Crippen molar-refractivity contribution in [3.8, 4) is 0 Å². The Morgan fingerprint density at radius 1 is 1.24 bits per heavy atom. The van der Waals surface area contributed by atoms with Crippen LogP contribution >= 0.6 is 0 Å². The van der Waals surface area contributed by atoms with Gasteiger partial charge in [0.15, 0.2) is 0 Å². The summed E-state index contributed by atoms with van der Waals surface area (Å²) in [7, 11) is -0.455. The van der Waals surface area contributed by atoms with Crippen LogP contribution in [0.2, 0.25) is 0 Å². The molecule has 0 heterocycles. The third-order valence-corrected chi connectivity index (χ3v) is 5.17. The third-order valence-electron chi connectivity index (χ3n) is 3.07. The predicted octanol–water partition coefficient (Wildman–Crippen LogP) is 1.51. The first-order valence-corrected chi connectivity index (χ1v) is 7.96. The Kier molecular flexibility index (Phi) is 5.66. The van der Waals surface area contributed by atoms with E-state index in [1.807, 2.05) is 19.0 Å². The van der Waals surface area contributed by atoms with Gasteiger partial charge >= 0.3 is 0 Å². The fourth-order valence-electron chi connectivity index (χ4n) is 2.21. The lowest BCUT2D eigenvalue weighted by atomic mass is 10.3. The van der Waals surface area contributed by atoms with Gasteiger partial charge in [-0.05, 0) is 27.1 Å². The topological polar surface area (TPSA) is 66.6 Å². The summed E-state index contributed by atoms with van der Waals surface area (Å²) >= 11 is 0. The van der Waals surface area contributed by atoms with Crippen molar-refractivity contribution in [2.45, 2.75) is 24.8 Å². The molecule has 0 saturated heterocycles. The minimum Gasteiger partial charge on any atom is -0.396 e. The van der Waals surface area contributed by atoms with Gasteiger partial charge in [0.1, 0.15) is 16.5 Å². The minimum atomic E-state index is -4.08. The first-order valence-electron chi connectivity index (χ1n) is 6.52. The first kappa shape index (κ1) is 17.8. The number of nitrogen functional groups attached to an aromatic ring is 1. The second-order valence-electron chi connectivity index (χ2n) is 5.12. The second-order valence-corrected chi connectivity index (χ2v) is 6.98. The maximum Gasteiger partial charge on any atom is 0.246 e. The maximum absolute atomic E-state index is 13.8. The van der Waals surface area contributed by atoms with Crippen molar-refractivity contribution in [2.75, 3.05) is 32.9 Å². The van der Waals surface area contributed by atoms with Crippen LogP contribution in [-0.2, 0) is 10.0 Å². The molecule has 120 valence electrons. The zero-order chi connectivity index (χ0) is 16.4. The largest absolute Gasteiger partial charge is 0.396 e. The lowest BCUT2D eigenvalue weighted by Gasteiger charge is -2.29. The molecule has 0 bridgehead atoms. The molecule has 0 saturated carbocycles. The molecule has 0 aliphatic carbocycles. The van der Waals surface area contributed by atoms with Crippen molar-refractivity contribution in [1.29, 1.82) is 0 Å². The number of benzene rings is 1. The lowest BCUT2D eigenvalue weighted by Crippen LogP contribution is -2.43. The van der Waals surface area contributed by atoms with Crippen LogP contribution in [0.3, 0.4) is 0 Å². The fourth-order valence-corrected chi connectivity index (χ4v) is 3.92. The molecule has 2 N–H and O–H groups in total. The molecule has 0 radical (unpaired) electrons. The van der Waals surface area contributed by atoms with Gasteiger partial charge in [0.25, 0.3) is 0 Å². The van der Waals surface area contributed by atoms with E-state index >= 15 is 0 Å². The smallest absolute Gasteiger partial charge is 0.246 e. The molecule has 8 heteroatoms. The third kappa shape index (κ3) is 3.90. The Labute approximate surface area is 124 Å². The summed E-state index contributed by atoms with van der Waals surface area (Å²) in [6.45, 7) is 4.04. The monoisotopic (exact) mass is 321 g/mol. The molecule has 0 aliphatic heterocycles. The van der Waals surface area contributed by atoms with Crippen molar-refractivity contribution in [3.05, 3.63) is 23.8 Å². The standard InChI is InChI=1S/C13H21F2N3O2S/c1-5-18(9(2)8-17(3)4)21(19,20)13-7-12(16)10(14)6-11(13)15/h6-7,9H,5,8,16H2,1-4H3. The highest BCUT2D eigenvalue weighted by molar-refractivity contribution is 7.89. The maximum atomic E-state index is 13.8. The molecule has 0 aromatic heterocycles. The van der Waals surface area contributed by atoms with Crippen LogP contribution in [0.15, 0.2) is 17.0 Å². The number of hydrogen-bond acceptors (Lipinski definition) is 4. The van der Waals surface area contributed by atoms with E-state index in [1.54, 1.807) is 13.8 Å². The van der Waals surface area contributed by atoms with Crippen LogP contribution in [-0.4, -0.2) is 50.8 Å². The molecule has 1 aromatic rings. The Balaban J connectivity index is 3.28. The number of halogens is 2. The molecular weight excluding hydrogens is 300 g/mol. The normalized spacial score (nSPS) is 13.9. The fraction of sp³-hybridized carbons (Fsp3) is 0.538. The quantitative estimate of drug-likeness (QED) is 0.807. The molecule has 1 atom stereocenters. The zero-order valence-corrected chi connectivity index (χ0v) is 13.4. The van der Waals surface area contributed by atoms with E-state index in [9.17, 15) is 17.2 Å². The van der Waals surface area contributed by atoms with E-state index in [-0.39, 0.29) is 12.6 Å². The summed E-state index contributed by atoms with van der Waals surface area (Å²) in [5.74, 6) is -2.12. The molecule has 1 rings (SSSR count). The van der Waals surface area contributed by atoms with Crippen LogP contribution in [0.5, 0.6) is 0 Å². The van der Waals surface area contributed by atoms with Gasteiger partial charge in [-0.15, -0.1) is 0 Å². The predicted molar refractivity (Wildman–Crippen MR) is 78.4 cm³/mol. The van der Waals surface area contributed by atoms with Gasteiger partial charge in [-0.1, -0.05) is 6.92 Å². The van der Waals surface area contributed by atoms with Gasteiger partial charge in [0.05, 0.1) is 5.69 Å². The van der Waals surface area contributed by atoms with Crippen LogP contribution in [0.25, 0.3) is 0 Å². The average molecular weight is 321 g/mol. The number of likely N-dealkylation sites (N-methyl/N-ethyl adjacent to an activating group) is 2. The highest BCUT2D eigenvalue weighted by Crippen LogP contribution is 2.25. The summed E-state index contributed by atoms with van der Waals surface area (Å²) in [6, 6.07) is 0.957. The van der Waals surface area contributed by atoms with Crippen molar-refractivity contribution >= 4 is 15.7 Å². The highest BCUT2D eigenvalue weighted by Gasteiger charge is 2.31. The van der Waals surface area contributed by atoms with Crippen LogP contribution < -0.4 is 5.73 Å². The second kappa shape index (κ2) is 6.67. The van der Waals surface area contributed by atoms with Crippen LogP contribution in [0.1, 0.15) is 13.8 Å². The van der Waals surface area contributed by atoms with Crippen molar-refractivity contribution in [2.24, 2.45) is 0 Å². The van der Waals surface area contributed by atoms with Gasteiger partial charge in [0, 0.05) is 25.2 Å². The highest BCUT2D eigenvalue weighted by atomic mass is 32.2. The average Bonchev–Trinajstić information content (AvgIpc) is 2.33. The van der Waals surface area contributed by atoms with E-state index in [4.69, 9.17) is 5.73 Å². The molecule has 5 nitrogen and oxygen atoms in total. The number of sulfonamides is 1. The van der Waals surface area contributed by atoms with E-state index in [0.717, 1.165) is 6.07 Å². The van der Waals surface area contributed by atoms with Crippen molar-refractivity contribution in [1.82, 2.24) is 9.21 Å². The SMILES string of the molecule is CCN(C(C)CN(C)C)S(=O)(=O)c1cc(N)c(F)cc1F. The molecule has 0 fully saturated rings. The van der Waals surface area contributed by atoms with Gasteiger partial charge in [-0.25, -0.2) is 17.2 Å². The zero-order valence-electron chi connectivity index (χ0n) is 12.6. The Bertz CT molecular complexity index is 606. The van der Waals surface area contributed by atoms with Crippen LogP contribution in [0.4, 0.5) is 14.5 Å². The summed E-state index contributed by atoms with van der Waals surface area (Å²) in [5, 5.41) is 0. The number of nitrogens with two attached hydrogens (primary N) is 1. The van der Waals surface area contributed by atoms with E-state index in [1.165, 1.54) is 4.31 Å². The molecule has 1 aromatic carbocycles. The summed E-state index contributed by atoms with van der Waals surface area (Å²) in [4.78, 5) is 1.23. The Morgan fingerprint density at radius 3 is 2.29 bits per heavy atom. The summed E-state index contributed by atoms with van der Waals surface area (Å²) < 4.78 is 53.3. The summed E-state index contributed by atoms with van der Waals surface area (Å²) in [5.41, 5.74) is 4.95. The van der Waals surface area contributed by atoms with E-state index in [2.05, 4.69) is 0 Å². The molecular formula is C13H21F2N3O2S. The molecule has 0 aliphatic rings. The van der Waals surface area contributed by atoms with Gasteiger partial charge in [-0.3, -0.25) is 0 Å². The first-order chi connectivity index (χ1) is 9.61. The number of hydrogen-bond donors (Lipinski definition) is 1. The van der Waals surface area contributed by atoms with Crippen LogP contribution in [0, 0.1) is 11.6 Å². The van der Waals surface area contributed by atoms with Gasteiger partial charge in [-0.2, -0.15) is 4.31 Å². The van der Waals surface area contributed by atoms with E-state index in [0.29, 0.717) is 12.6 Å². The Hall–Kier alpha value is -1.25. The molecule has 21 heavy (non-hydrogen) atoms. The Morgan fingerprint density at radius 2 is 1.81 bits per heavy atom.